The van der Waals surface area contributed by atoms with E-state index in [1.807, 2.05) is 0 Å². The van der Waals surface area contributed by atoms with Crippen LogP contribution >= 0.6 is 0 Å². The van der Waals surface area contributed by atoms with Gasteiger partial charge in [-0.1, -0.05) is 29.2 Å². The first-order valence-corrected chi connectivity index (χ1v) is 21.3. The number of pyridine rings is 1. The van der Waals surface area contributed by atoms with Crippen LogP contribution in [0.15, 0.2) is 73.2 Å². The Morgan fingerprint density at radius 1 is 1.00 bits per heavy atom. The first-order chi connectivity index (χ1) is 30.5. The van der Waals surface area contributed by atoms with Gasteiger partial charge in [-0.3, -0.25) is 43.2 Å². The van der Waals surface area contributed by atoms with E-state index in [9.17, 15) is 45.6 Å². The molecule has 0 aliphatic carbocycles. The molecule has 5 heterocycles. The van der Waals surface area contributed by atoms with Gasteiger partial charge in [0, 0.05) is 67.9 Å². The number of halogens is 3. The second kappa shape index (κ2) is 18.3. The molecule has 2 aliphatic heterocycles. The topological polar surface area (TPSA) is 243 Å². The van der Waals surface area contributed by atoms with E-state index in [4.69, 9.17) is 0 Å². The first-order valence-electron chi connectivity index (χ1n) is 19.5. The van der Waals surface area contributed by atoms with Gasteiger partial charge in [0.25, 0.3) is 17.7 Å². The molecule has 1 unspecified atom stereocenters. The van der Waals surface area contributed by atoms with Crippen LogP contribution in [0.5, 0.6) is 0 Å². The van der Waals surface area contributed by atoms with Crippen LogP contribution in [0.4, 0.5) is 42.1 Å². The summed E-state index contributed by atoms with van der Waals surface area (Å²) in [7, 11) is -2.43. The van der Waals surface area contributed by atoms with Crippen LogP contribution in [0.3, 0.4) is 0 Å². The summed E-state index contributed by atoms with van der Waals surface area (Å²) in [6, 6.07) is 12.9. The molecule has 5 aromatic rings. The minimum Gasteiger partial charge on any atom is -0.365 e. The molecule has 4 N–H and O–H groups in total. The summed E-state index contributed by atoms with van der Waals surface area (Å²) in [5.74, 6) is 2.35. The van der Waals surface area contributed by atoms with Gasteiger partial charge in [0.1, 0.15) is 23.2 Å². The second-order valence-electron chi connectivity index (χ2n) is 14.5. The molecule has 19 nitrogen and oxygen atoms in total. The van der Waals surface area contributed by atoms with Crippen molar-refractivity contribution in [2.45, 2.75) is 57.4 Å². The van der Waals surface area contributed by atoms with Gasteiger partial charge in [0.05, 0.1) is 23.6 Å². The van der Waals surface area contributed by atoms with Gasteiger partial charge in [0.15, 0.2) is 5.69 Å². The zero-order valence-corrected chi connectivity index (χ0v) is 34.7. The van der Waals surface area contributed by atoms with Crippen molar-refractivity contribution in [3.05, 3.63) is 107 Å². The van der Waals surface area contributed by atoms with Crippen molar-refractivity contribution in [1.29, 1.82) is 0 Å². The van der Waals surface area contributed by atoms with Gasteiger partial charge < -0.3 is 16.0 Å². The number of carbonyl (C=O) groups excluding carboxylic acids is 5. The standard InChI is InChI=1S/C41H37F3N12O7S/c1-54(64(2,62)63)35-25(11-8-19-45-35)21-46-34-29(41(42,43)44)22-47-40(51-34)49-27-15-13-26(14-16-27)48-36(58)30-23-55(53-52-30)20-6-4-3-5-9-24-10-7-12-28-33(24)39(61)56(38(28)60)31-17-18-32(57)50-37(31)59/h7-8,10-16,19,22-23,31H,3-4,6,17-18,20-21H2,1-2H3,(H,48,58)(H,50,57,59)(H2,46,47,49,51). The smallest absolute Gasteiger partial charge is 0.365 e. The highest BCUT2D eigenvalue weighted by atomic mass is 32.2. The molecule has 0 saturated carbocycles. The molecular weight excluding hydrogens is 862 g/mol. The minimum absolute atomic E-state index is 0.0165. The number of rotatable bonds is 14. The Morgan fingerprint density at radius 2 is 1.77 bits per heavy atom. The summed E-state index contributed by atoms with van der Waals surface area (Å²) in [6.45, 7) is 0.177. The highest BCUT2D eigenvalue weighted by molar-refractivity contribution is 7.92. The van der Waals surface area contributed by atoms with Crippen molar-refractivity contribution in [2.24, 2.45) is 0 Å². The Balaban J connectivity index is 0.899. The quantitative estimate of drug-likeness (QED) is 0.0697. The molecule has 330 valence electrons. The van der Waals surface area contributed by atoms with Crippen molar-refractivity contribution in [3.63, 3.8) is 0 Å². The van der Waals surface area contributed by atoms with E-state index in [2.05, 4.69) is 58.4 Å². The van der Waals surface area contributed by atoms with E-state index < -0.39 is 63.2 Å². The molecule has 0 bridgehead atoms. The van der Waals surface area contributed by atoms with Crippen LogP contribution in [0.2, 0.25) is 0 Å². The maximum absolute atomic E-state index is 13.9. The van der Waals surface area contributed by atoms with E-state index in [1.165, 1.54) is 42.3 Å². The molecule has 2 aromatic carbocycles. The third kappa shape index (κ3) is 9.97. The van der Waals surface area contributed by atoms with Gasteiger partial charge in [0.2, 0.25) is 27.8 Å². The van der Waals surface area contributed by atoms with Crippen LogP contribution in [-0.2, 0) is 38.9 Å². The number of nitrogens with one attached hydrogen (secondary N) is 4. The lowest BCUT2D eigenvalue weighted by molar-refractivity contribution is -0.138. The number of hydrogen-bond donors (Lipinski definition) is 4. The fourth-order valence-corrected chi connectivity index (χ4v) is 7.19. The van der Waals surface area contributed by atoms with Crippen LogP contribution in [-0.4, -0.2) is 92.1 Å². The number of carbonyl (C=O) groups is 5. The van der Waals surface area contributed by atoms with Crippen molar-refractivity contribution >= 4 is 68.5 Å². The third-order valence-corrected chi connectivity index (χ3v) is 11.2. The fourth-order valence-electron chi connectivity index (χ4n) is 6.71. The normalized spacial score (nSPS) is 15.0. The molecule has 3 aromatic heterocycles. The molecule has 1 saturated heterocycles. The van der Waals surface area contributed by atoms with E-state index in [0.717, 1.165) is 15.5 Å². The molecule has 7 rings (SSSR count). The van der Waals surface area contributed by atoms with Crippen LogP contribution < -0.4 is 25.6 Å². The van der Waals surface area contributed by atoms with E-state index in [0.29, 0.717) is 54.5 Å². The SMILES string of the molecule is CN(c1ncccc1CNc1nc(Nc2ccc(NC(=O)c3cn(CCCCC#Cc4cccc5c4C(=O)N(C4CCC(=O)NC4=O)C5=O)nn3)cc2)ncc1C(F)(F)F)S(C)(=O)=O. The molecule has 23 heteroatoms. The third-order valence-electron chi connectivity index (χ3n) is 10.0. The van der Waals surface area contributed by atoms with E-state index in [-0.39, 0.29) is 48.0 Å². The number of anilines is 5. The lowest BCUT2D eigenvalue weighted by Gasteiger charge is -2.27. The van der Waals surface area contributed by atoms with Crippen LogP contribution in [0, 0.1) is 11.8 Å². The summed E-state index contributed by atoms with van der Waals surface area (Å²) in [6.07, 6.45) is 1.39. The highest BCUT2D eigenvalue weighted by Crippen LogP contribution is 2.35. The number of alkyl halides is 3. The van der Waals surface area contributed by atoms with Gasteiger partial charge in [-0.2, -0.15) is 18.2 Å². The number of aromatic nitrogens is 6. The summed E-state index contributed by atoms with van der Waals surface area (Å²) in [5.41, 5.74) is 0.596. The number of fused-ring (bicyclic) bond motifs is 1. The second-order valence-corrected chi connectivity index (χ2v) is 16.5. The Labute approximate surface area is 362 Å². The maximum atomic E-state index is 13.9. The van der Waals surface area contributed by atoms with Gasteiger partial charge >= 0.3 is 6.18 Å². The first kappa shape index (κ1) is 44.3. The molecule has 0 radical (unpaired) electrons. The number of piperidine rings is 1. The summed E-state index contributed by atoms with van der Waals surface area (Å²) < 4.78 is 68.3. The predicted octanol–water partition coefficient (Wildman–Crippen LogP) is 4.11. The number of hydrogen-bond acceptors (Lipinski definition) is 14. The zero-order valence-electron chi connectivity index (χ0n) is 33.9. The molecule has 2 aliphatic rings. The lowest BCUT2D eigenvalue weighted by atomic mass is 10.0. The summed E-state index contributed by atoms with van der Waals surface area (Å²) in [4.78, 5) is 76.1. The molecule has 0 spiro atoms. The molecule has 1 fully saturated rings. The Bertz CT molecular complexity index is 2840. The van der Waals surface area contributed by atoms with Crippen LogP contribution in [0.1, 0.15) is 80.0 Å². The molecule has 64 heavy (non-hydrogen) atoms. The van der Waals surface area contributed by atoms with Crippen molar-refractivity contribution in [1.82, 2.24) is 40.2 Å². The predicted molar refractivity (Wildman–Crippen MR) is 223 cm³/mol. The summed E-state index contributed by atoms with van der Waals surface area (Å²) in [5, 5.41) is 18.3. The van der Waals surface area contributed by atoms with Crippen molar-refractivity contribution in [2.75, 3.05) is 33.6 Å². The molecule has 5 amide bonds. The van der Waals surface area contributed by atoms with E-state index in [1.54, 1.807) is 36.4 Å². The van der Waals surface area contributed by atoms with E-state index >= 15 is 0 Å². The largest absolute Gasteiger partial charge is 0.421 e. The Morgan fingerprint density at radius 3 is 2.50 bits per heavy atom. The monoisotopic (exact) mass is 898 g/mol. The van der Waals surface area contributed by atoms with Gasteiger partial charge in [-0.05, 0) is 61.7 Å². The number of nitrogens with zero attached hydrogens (tertiary/aromatic N) is 8. The van der Waals surface area contributed by atoms with Crippen LogP contribution in [0.25, 0.3) is 0 Å². The number of sulfonamides is 1. The highest BCUT2D eigenvalue weighted by Gasteiger charge is 2.45. The minimum atomic E-state index is -4.81. The lowest BCUT2D eigenvalue weighted by Crippen LogP contribution is -2.54. The van der Waals surface area contributed by atoms with Crippen molar-refractivity contribution < 1.29 is 45.6 Å². The summed E-state index contributed by atoms with van der Waals surface area (Å²) >= 11 is 0. The van der Waals surface area contributed by atoms with Gasteiger partial charge in [-0.25, -0.2) is 18.4 Å². The number of imide groups is 2. The number of benzene rings is 2. The fraction of sp³-hybridized carbons (Fsp3) is 0.268. The average molecular weight is 899 g/mol. The number of aryl methyl sites for hydroxylation is 1. The zero-order chi connectivity index (χ0) is 45.8. The molecule has 1 atom stereocenters. The number of amides is 5. The molecular formula is C41H37F3N12O7S. The Hall–Kier alpha value is -7.74. The van der Waals surface area contributed by atoms with Gasteiger partial charge in [-0.15, -0.1) is 5.10 Å². The average Bonchev–Trinajstić information content (AvgIpc) is 3.83. The maximum Gasteiger partial charge on any atom is 0.421 e. The number of unbranched alkanes of at least 4 members (excludes halogenated alkanes) is 2. The Kier molecular flexibility index (Phi) is 12.7. The van der Waals surface area contributed by atoms with Crippen molar-refractivity contribution in [3.8, 4) is 11.8 Å².